The summed E-state index contributed by atoms with van der Waals surface area (Å²) >= 11 is 0. The van der Waals surface area contributed by atoms with Crippen molar-refractivity contribution in [2.75, 3.05) is 14.1 Å². The highest BCUT2D eigenvalue weighted by Crippen LogP contribution is 1.95. The first-order chi connectivity index (χ1) is 6.06. The van der Waals surface area contributed by atoms with Crippen molar-refractivity contribution in [2.45, 2.75) is 59.5 Å². The van der Waals surface area contributed by atoms with Gasteiger partial charge in [-0.25, -0.2) is 0 Å². The Hall–Kier alpha value is -0.0800. The first kappa shape index (κ1) is 18.7. The highest BCUT2D eigenvalue weighted by Gasteiger charge is 1.75. The second kappa shape index (κ2) is 22.7. The Morgan fingerprint density at radius 3 is 1.23 bits per heavy atom. The molecule has 84 valence electrons. The molecule has 0 amide bonds. The second-order valence-electron chi connectivity index (χ2n) is 3.30. The van der Waals surface area contributed by atoms with Crippen LogP contribution in [0.3, 0.4) is 0 Å². The van der Waals surface area contributed by atoms with Gasteiger partial charge in [0.05, 0.1) is 0 Å². The van der Waals surface area contributed by atoms with Gasteiger partial charge in [-0.15, -0.1) is 0 Å². The molecular formula is C11H29NO. The summed E-state index contributed by atoms with van der Waals surface area (Å²) < 4.78 is 0. The lowest BCUT2D eigenvalue weighted by Gasteiger charge is -1.86. The summed E-state index contributed by atoms with van der Waals surface area (Å²) in [7, 11) is 3.75. The van der Waals surface area contributed by atoms with Crippen molar-refractivity contribution in [3.05, 3.63) is 0 Å². The second-order valence-corrected chi connectivity index (χ2v) is 3.30. The van der Waals surface area contributed by atoms with Crippen LogP contribution in [0.4, 0.5) is 0 Å². The Kier molecular flexibility index (Phi) is 32.5. The summed E-state index contributed by atoms with van der Waals surface area (Å²) in [5.41, 5.74) is 0. The molecule has 2 N–H and O–H groups in total. The quantitative estimate of drug-likeness (QED) is 0.672. The van der Waals surface area contributed by atoms with Gasteiger partial charge < -0.3 is 10.4 Å². The van der Waals surface area contributed by atoms with Gasteiger partial charge in [-0.3, -0.25) is 0 Å². The standard InChI is InChI=1S/C6H14.C3H8O.C2H7N/c1-3-5-6-4-2;1-3(2)4;1-3-2/h3-6H2,1-2H3;3-4H,1-2H3;3H,1-2H3. The third-order valence-electron chi connectivity index (χ3n) is 0.957. The highest BCUT2D eigenvalue weighted by molar-refractivity contribution is 4.31. The van der Waals surface area contributed by atoms with E-state index < -0.39 is 0 Å². The van der Waals surface area contributed by atoms with Crippen molar-refractivity contribution in [1.82, 2.24) is 5.32 Å². The molecule has 13 heavy (non-hydrogen) atoms. The molecule has 0 unspecified atom stereocenters. The average Bonchev–Trinajstić information content (AvgIpc) is 2.01. The number of aliphatic hydroxyl groups excluding tert-OH is 1. The van der Waals surface area contributed by atoms with E-state index in [-0.39, 0.29) is 6.10 Å². The lowest BCUT2D eigenvalue weighted by molar-refractivity contribution is 0.216. The summed E-state index contributed by atoms with van der Waals surface area (Å²) in [6.45, 7) is 7.91. The first-order valence-corrected chi connectivity index (χ1v) is 5.33. The first-order valence-electron chi connectivity index (χ1n) is 5.33. The molecule has 0 aromatic heterocycles. The average molecular weight is 191 g/mol. The molecule has 0 rings (SSSR count). The predicted molar refractivity (Wildman–Crippen MR) is 62.2 cm³/mol. The maximum atomic E-state index is 8.06. The number of nitrogens with one attached hydrogen (secondary N) is 1. The number of unbranched alkanes of at least 4 members (excludes halogenated alkanes) is 3. The zero-order valence-corrected chi connectivity index (χ0v) is 10.4. The summed E-state index contributed by atoms with van der Waals surface area (Å²) in [6.07, 6.45) is 5.37. The SMILES string of the molecule is CC(C)O.CCCCCC.CNC. The fraction of sp³-hybridized carbons (Fsp3) is 1.00. The molecular weight excluding hydrogens is 162 g/mol. The van der Waals surface area contributed by atoms with Crippen LogP contribution in [0.2, 0.25) is 0 Å². The zero-order chi connectivity index (χ0) is 11.1. The third-order valence-corrected chi connectivity index (χ3v) is 0.957. The van der Waals surface area contributed by atoms with Crippen LogP contribution < -0.4 is 5.32 Å². The van der Waals surface area contributed by atoms with Crippen LogP contribution in [-0.4, -0.2) is 25.3 Å². The Morgan fingerprint density at radius 1 is 1.00 bits per heavy atom. The molecule has 2 heteroatoms. The van der Waals surface area contributed by atoms with Crippen molar-refractivity contribution in [2.24, 2.45) is 0 Å². The fourth-order valence-corrected chi connectivity index (χ4v) is 0.500. The summed E-state index contributed by atoms with van der Waals surface area (Å²) in [5.74, 6) is 0. The largest absolute Gasteiger partial charge is 0.394 e. The van der Waals surface area contributed by atoms with E-state index in [0.717, 1.165) is 0 Å². The summed E-state index contributed by atoms with van der Waals surface area (Å²) in [5, 5.41) is 10.8. The van der Waals surface area contributed by atoms with Gasteiger partial charge in [0.15, 0.2) is 0 Å². The molecule has 0 aromatic rings. The molecule has 0 aliphatic rings. The molecule has 0 bridgehead atoms. The van der Waals surface area contributed by atoms with Gasteiger partial charge in [-0.05, 0) is 27.9 Å². The molecule has 0 heterocycles. The van der Waals surface area contributed by atoms with Crippen LogP contribution in [0.25, 0.3) is 0 Å². The van der Waals surface area contributed by atoms with Crippen molar-refractivity contribution >= 4 is 0 Å². The molecule has 0 aliphatic carbocycles. The Bertz CT molecular complexity index is 49.3. The van der Waals surface area contributed by atoms with Gasteiger partial charge >= 0.3 is 0 Å². The van der Waals surface area contributed by atoms with Crippen LogP contribution in [-0.2, 0) is 0 Å². The van der Waals surface area contributed by atoms with E-state index in [4.69, 9.17) is 5.11 Å². The molecule has 0 saturated carbocycles. The van der Waals surface area contributed by atoms with Crippen molar-refractivity contribution < 1.29 is 5.11 Å². The van der Waals surface area contributed by atoms with Gasteiger partial charge in [-0.1, -0.05) is 39.5 Å². The van der Waals surface area contributed by atoms with Crippen LogP contribution in [0.1, 0.15) is 53.4 Å². The van der Waals surface area contributed by atoms with Gasteiger partial charge in [0.1, 0.15) is 0 Å². The molecule has 0 fully saturated rings. The van der Waals surface area contributed by atoms with E-state index in [2.05, 4.69) is 19.2 Å². The maximum Gasteiger partial charge on any atom is 0.0483 e. The van der Waals surface area contributed by atoms with Gasteiger partial charge in [0.25, 0.3) is 0 Å². The molecule has 0 aromatic carbocycles. The van der Waals surface area contributed by atoms with E-state index >= 15 is 0 Å². The van der Waals surface area contributed by atoms with Gasteiger partial charge in [0.2, 0.25) is 0 Å². The lowest BCUT2D eigenvalue weighted by atomic mass is 10.2. The molecule has 2 nitrogen and oxygen atoms in total. The minimum absolute atomic E-state index is 0.167. The smallest absolute Gasteiger partial charge is 0.0483 e. The van der Waals surface area contributed by atoms with Crippen LogP contribution in [0, 0.1) is 0 Å². The highest BCUT2D eigenvalue weighted by atomic mass is 16.3. The van der Waals surface area contributed by atoms with Crippen LogP contribution in [0.15, 0.2) is 0 Å². The summed E-state index contributed by atoms with van der Waals surface area (Å²) in [4.78, 5) is 0. The minimum atomic E-state index is -0.167. The van der Waals surface area contributed by atoms with Crippen molar-refractivity contribution in [3.8, 4) is 0 Å². The monoisotopic (exact) mass is 191 g/mol. The molecule has 0 spiro atoms. The Balaban J connectivity index is -0.000000125. The summed E-state index contributed by atoms with van der Waals surface area (Å²) in [6, 6.07) is 0. The molecule has 0 atom stereocenters. The molecule has 0 aliphatic heterocycles. The van der Waals surface area contributed by atoms with Crippen LogP contribution in [0.5, 0.6) is 0 Å². The third kappa shape index (κ3) is 138. The van der Waals surface area contributed by atoms with E-state index in [1.54, 1.807) is 13.8 Å². The lowest BCUT2D eigenvalue weighted by Crippen LogP contribution is -1.89. The predicted octanol–water partition coefficient (Wildman–Crippen LogP) is 2.81. The molecule has 0 saturated heterocycles. The number of hydrogen-bond donors (Lipinski definition) is 2. The number of hydrogen-bond acceptors (Lipinski definition) is 2. The van der Waals surface area contributed by atoms with Crippen molar-refractivity contribution in [1.29, 1.82) is 0 Å². The van der Waals surface area contributed by atoms with E-state index in [1.807, 2.05) is 14.1 Å². The van der Waals surface area contributed by atoms with E-state index in [1.165, 1.54) is 25.7 Å². The van der Waals surface area contributed by atoms with Gasteiger partial charge in [0, 0.05) is 6.10 Å². The maximum absolute atomic E-state index is 8.06. The van der Waals surface area contributed by atoms with Gasteiger partial charge in [-0.2, -0.15) is 0 Å². The normalized spacial score (nSPS) is 8.31. The van der Waals surface area contributed by atoms with Crippen molar-refractivity contribution in [3.63, 3.8) is 0 Å². The minimum Gasteiger partial charge on any atom is -0.394 e. The van der Waals surface area contributed by atoms with Crippen LogP contribution >= 0.6 is 0 Å². The Morgan fingerprint density at radius 2 is 1.15 bits per heavy atom. The topological polar surface area (TPSA) is 32.3 Å². The fourth-order valence-electron chi connectivity index (χ4n) is 0.500. The Labute approximate surface area is 84.7 Å². The van der Waals surface area contributed by atoms with E-state index in [0.29, 0.717) is 0 Å². The van der Waals surface area contributed by atoms with E-state index in [9.17, 15) is 0 Å². The number of rotatable bonds is 3. The zero-order valence-electron chi connectivity index (χ0n) is 10.4. The number of aliphatic hydroxyl groups is 1. The molecule has 0 radical (unpaired) electrons.